The lowest BCUT2D eigenvalue weighted by molar-refractivity contribution is 0.314. The second-order valence-electron chi connectivity index (χ2n) is 4.33. The zero-order valence-corrected chi connectivity index (χ0v) is 10.8. The van der Waals surface area contributed by atoms with Gasteiger partial charge in [-0.15, -0.1) is 0 Å². The Hall–Kier alpha value is -0.920. The summed E-state index contributed by atoms with van der Waals surface area (Å²) in [6.45, 7) is 1.63. The number of nitrogens with zero attached hydrogens (tertiary/aromatic N) is 3. The van der Waals surface area contributed by atoms with Crippen molar-refractivity contribution >= 4 is 10.2 Å². The summed E-state index contributed by atoms with van der Waals surface area (Å²) in [5, 5.41) is 6.49. The van der Waals surface area contributed by atoms with Crippen LogP contribution in [0.3, 0.4) is 0 Å². The average molecular weight is 258 g/mol. The molecular weight excluding hydrogens is 240 g/mol. The third-order valence-corrected chi connectivity index (χ3v) is 4.93. The lowest BCUT2D eigenvalue weighted by Gasteiger charge is -2.29. The molecule has 0 bridgehead atoms. The lowest BCUT2D eigenvalue weighted by atomic mass is 10.2. The minimum atomic E-state index is -3.31. The van der Waals surface area contributed by atoms with E-state index >= 15 is 0 Å². The Labute approximate surface area is 102 Å². The summed E-state index contributed by atoms with van der Waals surface area (Å²) in [4.78, 5) is 0. The van der Waals surface area contributed by atoms with Crippen molar-refractivity contribution < 1.29 is 8.42 Å². The van der Waals surface area contributed by atoms with Crippen LogP contribution < -0.4 is 0 Å². The molecule has 2 rings (SSSR count). The van der Waals surface area contributed by atoms with Gasteiger partial charge in [-0.2, -0.15) is 22.1 Å². The van der Waals surface area contributed by atoms with Gasteiger partial charge in [0.25, 0.3) is 10.2 Å². The van der Waals surface area contributed by atoms with Crippen LogP contribution in [0, 0.1) is 0 Å². The van der Waals surface area contributed by atoms with E-state index in [2.05, 4.69) is 10.2 Å². The minimum absolute atomic E-state index is 0.356. The highest BCUT2D eigenvalue weighted by atomic mass is 32.2. The van der Waals surface area contributed by atoms with E-state index in [0.717, 1.165) is 24.8 Å². The number of hydrogen-bond donors (Lipinski definition) is 1. The Bertz CT molecular complexity index is 437. The van der Waals surface area contributed by atoms with Gasteiger partial charge in [-0.25, -0.2) is 0 Å². The summed E-state index contributed by atoms with van der Waals surface area (Å²) in [5.41, 5.74) is 0.869. The van der Waals surface area contributed by atoms with Gasteiger partial charge in [-0.3, -0.25) is 5.10 Å². The van der Waals surface area contributed by atoms with Crippen LogP contribution in [-0.2, 0) is 16.8 Å². The number of H-pyrrole nitrogens is 1. The van der Waals surface area contributed by atoms with Gasteiger partial charge < -0.3 is 0 Å². The van der Waals surface area contributed by atoms with Crippen LogP contribution in [0.2, 0.25) is 0 Å². The van der Waals surface area contributed by atoms with Gasteiger partial charge in [-0.1, -0.05) is 6.42 Å². The molecule has 0 amide bonds. The molecule has 1 saturated heterocycles. The first-order valence-corrected chi connectivity index (χ1v) is 7.19. The second kappa shape index (κ2) is 5.16. The van der Waals surface area contributed by atoms with E-state index in [9.17, 15) is 8.42 Å². The molecule has 1 aromatic heterocycles. The fraction of sp³-hybridized carbons (Fsp3) is 0.700. The zero-order chi connectivity index (χ0) is 12.3. The van der Waals surface area contributed by atoms with Gasteiger partial charge in [0.1, 0.15) is 0 Å². The Morgan fingerprint density at radius 3 is 2.71 bits per heavy atom. The fourth-order valence-corrected chi connectivity index (χ4v) is 3.42. The monoisotopic (exact) mass is 258 g/mol. The highest BCUT2D eigenvalue weighted by Gasteiger charge is 2.28. The SMILES string of the molecule is CN(Cc1cn[nH]c1)S(=O)(=O)N1CCCCC1. The van der Waals surface area contributed by atoms with E-state index in [4.69, 9.17) is 0 Å². The Balaban J connectivity index is 2.03. The average Bonchev–Trinajstić information content (AvgIpc) is 2.83. The molecular formula is C10H18N4O2S. The van der Waals surface area contributed by atoms with E-state index in [0.29, 0.717) is 19.6 Å². The maximum atomic E-state index is 12.2. The third-order valence-electron chi connectivity index (χ3n) is 3.00. The largest absolute Gasteiger partial charge is 0.285 e. The van der Waals surface area contributed by atoms with Crippen molar-refractivity contribution in [3.8, 4) is 0 Å². The number of piperidine rings is 1. The van der Waals surface area contributed by atoms with Crippen molar-refractivity contribution in [2.45, 2.75) is 25.8 Å². The van der Waals surface area contributed by atoms with Gasteiger partial charge in [0, 0.05) is 38.4 Å². The molecule has 0 saturated carbocycles. The van der Waals surface area contributed by atoms with E-state index in [1.165, 1.54) is 4.31 Å². The molecule has 0 aromatic carbocycles. The van der Waals surface area contributed by atoms with Gasteiger partial charge in [0.2, 0.25) is 0 Å². The number of rotatable bonds is 4. The van der Waals surface area contributed by atoms with Gasteiger partial charge in [0.15, 0.2) is 0 Å². The topological polar surface area (TPSA) is 69.3 Å². The van der Waals surface area contributed by atoms with Crippen LogP contribution >= 0.6 is 0 Å². The number of nitrogens with one attached hydrogen (secondary N) is 1. The minimum Gasteiger partial charge on any atom is -0.285 e. The summed E-state index contributed by atoms with van der Waals surface area (Å²) in [6.07, 6.45) is 6.39. The maximum Gasteiger partial charge on any atom is 0.282 e. The molecule has 6 nitrogen and oxygen atoms in total. The van der Waals surface area contributed by atoms with Crippen molar-refractivity contribution in [3.63, 3.8) is 0 Å². The molecule has 0 aliphatic carbocycles. The highest BCUT2D eigenvalue weighted by Crippen LogP contribution is 2.16. The predicted molar refractivity (Wildman–Crippen MR) is 64.4 cm³/mol. The van der Waals surface area contributed by atoms with Gasteiger partial charge >= 0.3 is 0 Å². The van der Waals surface area contributed by atoms with Crippen molar-refractivity contribution in [1.82, 2.24) is 18.8 Å². The predicted octanol–water partition coefficient (Wildman–Crippen LogP) is 0.572. The normalized spacial score (nSPS) is 18.7. The molecule has 0 unspecified atom stereocenters. The van der Waals surface area contributed by atoms with Crippen molar-refractivity contribution in [1.29, 1.82) is 0 Å². The molecule has 2 heterocycles. The summed E-state index contributed by atoms with van der Waals surface area (Å²) in [7, 11) is -1.71. The zero-order valence-electron chi connectivity index (χ0n) is 9.96. The van der Waals surface area contributed by atoms with E-state index in [-0.39, 0.29) is 0 Å². The molecule has 0 atom stereocenters. The Morgan fingerprint density at radius 2 is 2.12 bits per heavy atom. The fourth-order valence-electron chi connectivity index (χ4n) is 2.00. The summed E-state index contributed by atoms with van der Waals surface area (Å²) in [6, 6.07) is 0. The molecule has 1 aliphatic heterocycles. The first-order chi connectivity index (χ1) is 8.10. The summed E-state index contributed by atoms with van der Waals surface area (Å²) in [5.74, 6) is 0. The van der Waals surface area contributed by atoms with Gasteiger partial charge in [0.05, 0.1) is 6.20 Å². The molecule has 96 valence electrons. The molecule has 1 fully saturated rings. The first-order valence-electron chi connectivity index (χ1n) is 5.80. The maximum absolute atomic E-state index is 12.2. The van der Waals surface area contributed by atoms with Gasteiger partial charge in [-0.05, 0) is 12.8 Å². The van der Waals surface area contributed by atoms with E-state index in [1.54, 1.807) is 23.7 Å². The summed E-state index contributed by atoms with van der Waals surface area (Å²) < 4.78 is 27.4. The molecule has 1 aromatic rings. The van der Waals surface area contributed by atoms with Crippen LogP contribution in [0.25, 0.3) is 0 Å². The van der Waals surface area contributed by atoms with Crippen molar-refractivity contribution in [2.24, 2.45) is 0 Å². The Morgan fingerprint density at radius 1 is 1.41 bits per heavy atom. The summed E-state index contributed by atoms with van der Waals surface area (Å²) >= 11 is 0. The Kier molecular flexibility index (Phi) is 3.80. The van der Waals surface area contributed by atoms with Crippen LogP contribution in [0.5, 0.6) is 0 Å². The van der Waals surface area contributed by atoms with E-state index < -0.39 is 10.2 Å². The molecule has 17 heavy (non-hydrogen) atoms. The molecule has 1 N–H and O–H groups in total. The van der Waals surface area contributed by atoms with Crippen LogP contribution in [0.4, 0.5) is 0 Å². The molecule has 7 heteroatoms. The van der Waals surface area contributed by atoms with E-state index in [1.807, 2.05) is 0 Å². The molecule has 0 spiro atoms. The second-order valence-corrected chi connectivity index (χ2v) is 6.37. The standard InChI is InChI=1S/C10H18N4O2S/c1-13(9-10-7-11-12-8-10)17(15,16)14-5-3-2-4-6-14/h7-8H,2-6,9H2,1H3,(H,11,12). The quantitative estimate of drug-likeness (QED) is 0.858. The van der Waals surface area contributed by atoms with Crippen LogP contribution in [0.1, 0.15) is 24.8 Å². The van der Waals surface area contributed by atoms with Crippen molar-refractivity contribution in [2.75, 3.05) is 20.1 Å². The number of aromatic amines is 1. The van der Waals surface area contributed by atoms with Crippen molar-refractivity contribution in [3.05, 3.63) is 18.0 Å². The number of aromatic nitrogens is 2. The molecule has 1 aliphatic rings. The third kappa shape index (κ3) is 2.85. The lowest BCUT2D eigenvalue weighted by Crippen LogP contribution is -2.43. The van der Waals surface area contributed by atoms with Crippen LogP contribution in [0.15, 0.2) is 12.4 Å². The molecule has 0 radical (unpaired) electrons. The smallest absolute Gasteiger partial charge is 0.282 e. The van der Waals surface area contributed by atoms with Crippen LogP contribution in [-0.4, -0.2) is 47.4 Å². The highest BCUT2D eigenvalue weighted by molar-refractivity contribution is 7.86. The number of hydrogen-bond acceptors (Lipinski definition) is 3. The first kappa shape index (κ1) is 12.5.